The Kier molecular flexibility index (Phi) is 7.48. The van der Waals surface area contributed by atoms with Gasteiger partial charge in [0.2, 0.25) is 0 Å². The minimum absolute atomic E-state index is 0.811. The van der Waals surface area contributed by atoms with E-state index in [1.54, 1.807) is 0 Å². The van der Waals surface area contributed by atoms with Crippen molar-refractivity contribution >= 4 is 77.0 Å². The Morgan fingerprint density at radius 3 is 1.58 bits per heavy atom. The van der Waals surface area contributed by atoms with Gasteiger partial charge in [0.15, 0.2) is 0 Å². The van der Waals surface area contributed by atoms with E-state index in [1.165, 1.54) is 10.8 Å². The Morgan fingerprint density at radius 2 is 0.932 bits per heavy atom. The maximum atomic E-state index is 5.96. The van der Waals surface area contributed by atoms with E-state index in [1.807, 2.05) is 0 Å². The topological polar surface area (TPSA) is 42.5 Å². The second kappa shape index (κ2) is 13.2. The van der Waals surface area contributed by atoms with E-state index >= 15 is 0 Å². The molecule has 3 aliphatic rings. The lowest BCUT2D eigenvalue weighted by atomic mass is 9.97. The number of fused-ring (bicyclic) bond motifs is 19. The molecule has 0 atom stereocenters. The molecule has 4 heteroatoms. The monoisotopic (exact) mass is 752 g/mol. The number of aromatic nitrogens is 2. The molecule has 4 nitrogen and oxygen atoms in total. The molecule has 276 valence electrons. The average molecular weight is 753 g/mol. The molecule has 0 saturated heterocycles. The Hall–Kier alpha value is -7.69. The van der Waals surface area contributed by atoms with E-state index in [9.17, 15) is 0 Å². The summed E-state index contributed by atoms with van der Waals surface area (Å²) in [4.78, 5) is 17.7. The van der Waals surface area contributed by atoms with Crippen LogP contribution in [0.3, 0.4) is 0 Å². The van der Waals surface area contributed by atoms with Crippen LogP contribution >= 0.6 is 0 Å². The third kappa shape index (κ3) is 5.06. The highest BCUT2D eigenvalue weighted by atomic mass is 15.4. The SMILES string of the molecule is C1=Cc2ccc(c3ccccc23)-c2nc3c4ccccc4c4ccccc4c3n2C2(N=c3c(c4ccccc4c4ccccc34)=N2)c2ccc(cc2)/C=C\C=C/C/C=C\1. The number of nitrogens with zero attached hydrogens (tertiary/aromatic N) is 4. The van der Waals surface area contributed by atoms with Crippen LogP contribution in [0.2, 0.25) is 0 Å². The molecule has 0 N–H and O–H groups in total. The van der Waals surface area contributed by atoms with Gasteiger partial charge in [-0.2, -0.15) is 0 Å². The molecule has 4 heterocycles. The van der Waals surface area contributed by atoms with Crippen LogP contribution in [-0.4, -0.2) is 9.55 Å². The zero-order valence-corrected chi connectivity index (χ0v) is 32.1. The van der Waals surface area contributed by atoms with Crippen LogP contribution in [0.25, 0.3) is 88.4 Å². The first-order chi connectivity index (χ1) is 29.3. The molecule has 0 amide bonds. The highest BCUT2D eigenvalue weighted by molar-refractivity contribution is 6.24. The molecule has 4 bridgehead atoms. The molecule has 3 aliphatic heterocycles. The normalized spacial score (nSPS) is 16.1. The lowest BCUT2D eigenvalue weighted by Crippen LogP contribution is -2.31. The van der Waals surface area contributed by atoms with Crippen LogP contribution in [0, 0.1) is 0 Å². The van der Waals surface area contributed by atoms with E-state index in [2.05, 4.69) is 211 Å². The summed E-state index contributed by atoms with van der Waals surface area (Å²) in [6, 6.07) is 56.6. The predicted molar refractivity (Wildman–Crippen MR) is 246 cm³/mol. The van der Waals surface area contributed by atoms with Crippen molar-refractivity contribution in [3.8, 4) is 11.4 Å². The van der Waals surface area contributed by atoms with E-state index in [0.29, 0.717) is 0 Å². The average Bonchev–Trinajstić information content (AvgIpc) is 3.90. The highest BCUT2D eigenvalue weighted by Gasteiger charge is 2.41. The number of imidazole rings is 1. The minimum Gasteiger partial charge on any atom is -0.275 e. The molecule has 1 aromatic heterocycles. The van der Waals surface area contributed by atoms with Crippen LogP contribution in [0.15, 0.2) is 204 Å². The summed E-state index contributed by atoms with van der Waals surface area (Å²) < 4.78 is 2.37. The summed E-state index contributed by atoms with van der Waals surface area (Å²) in [7, 11) is 0. The summed E-state index contributed by atoms with van der Waals surface area (Å²) in [5, 5.41) is 13.1. The maximum absolute atomic E-state index is 5.96. The molecule has 9 aromatic carbocycles. The zero-order valence-electron chi connectivity index (χ0n) is 32.1. The summed E-state index contributed by atoms with van der Waals surface area (Å²) in [6.45, 7) is 0. The second-order valence-corrected chi connectivity index (χ2v) is 15.4. The van der Waals surface area contributed by atoms with Gasteiger partial charge in [-0.15, -0.1) is 0 Å². The molecular formula is C55H36N4. The highest BCUT2D eigenvalue weighted by Crippen LogP contribution is 2.45. The van der Waals surface area contributed by atoms with Crippen LogP contribution < -0.4 is 10.7 Å². The van der Waals surface area contributed by atoms with Gasteiger partial charge in [-0.25, -0.2) is 15.0 Å². The summed E-state index contributed by atoms with van der Waals surface area (Å²) in [5.41, 5.74) is 6.14. The second-order valence-electron chi connectivity index (χ2n) is 15.4. The largest absolute Gasteiger partial charge is 0.275 e. The summed E-state index contributed by atoms with van der Waals surface area (Å²) in [6.07, 6.45) is 18.0. The Labute approximate surface area is 340 Å². The molecule has 0 fully saturated rings. The number of hydrogen-bond acceptors (Lipinski definition) is 3. The van der Waals surface area contributed by atoms with Crippen molar-refractivity contribution in [2.75, 3.05) is 0 Å². The molecule has 13 rings (SSSR count). The van der Waals surface area contributed by atoms with E-state index in [4.69, 9.17) is 15.0 Å². The van der Waals surface area contributed by atoms with Crippen molar-refractivity contribution in [3.05, 3.63) is 222 Å². The Morgan fingerprint density at radius 1 is 0.424 bits per heavy atom. The van der Waals surface area contributed by atoms with Gasteiger partial charge in [0, 0.05) is 32.7 Å². The lowest BCUT2D eigenvalue weighted by molar-refractivity contribution is 0.404. The van der Waals surface area contributed by atoms with E-state index in [-0.39, 0.29) is 0 Å². The number of hydrogen-bond donors (Lipinski definition) is 0. The Balaban J connectivity index is 1.32. The fourth-order valence-electron chi connectivity index (χ4n) is 9.41. The molecule has 0 radical (unpaired) electrons. The van der Waals surface area contributed by atoms with E-state index < -0.39 is 5.79 Å². The van der Waals surface area contributed by atoms with Gasteiger partial charge < -0.3 is 0 Å². The van der Waals surface area contributed by atoms with Gasteiger partial charge in [0.1, 0.15) is 5.82 Å². The van der Waals surface area contributed by atoms with Crippen LogP contribution in [0.1, 0.15) is 23.1 Å². The van der Waals surface area contributed by atoms with Gasteiger partial charge in [0.05, 0.1) is 21.7 Å². The minimum atomic E-state index is -1.27. The van der Waals surface area contributed by atoms with E-state index in [0.717, 1.165) is 99.3 Å². The molecule has 0 saturated carbocycles. The zero-order chi connectivity index (χ0) is 38.9. The third-order valence-electron chi connectivity index (χ3n) is 12.1. The number of allylic oxidation sites excluding steroid dienone is 6. The van der Waals surface area contributed by atoms with Gasteiger partial charge in [-0.1, -0.05) is 206 Å². The van der Waals surface area contributed by atoms with Crippen molar-refractivity contribution in [1.82, 2.24) is 9.55 Å². The molecule has 0 aliphatic carbocycles. The van der Waals surface area contributed by atoms with Crippen molar-refractivity contribution in [1.29, 1.82) is 0 Å². The van der Waals surface area contributed by atoms with Gasteiger partial charge in [-0.05, 0) is 49.9 Å². The number of benzene rings is 9. The van der Waals surface area contributed by atoms with Crippen LogP contribution in [0.5, 0.6) is 0 Å². The van der Waals surface area contributed by atoms with Crippen molar-refractivity contribution in [3.63, 3.8) is 0 Å². The molecular weight excluding hydrogens is 717 g/mol. The van der Waals surface area contributed by atoms with Gasteiger partial charge >= 0.3 is 0 Å². The van der Waals surface area contributed by atoms with Crippen LogP contribution in [0.4, 0.5) is 0 Å². The summed E-state index contributed by atoms with van der Waals surface area (Å²) in [5.74, 6) is -0.455. The van der Waals surface area contributed by atoms with Crippen molar-refractivity contribution in [2.24, 2.45) is 9.98 Å². The first-order valence-corrected chi connectivity index (χ1v) is 20.3. The molecule has 0 unspecified atom stereocenters. The first kappa shape index (κ1) is 33.4. The fourth-order valence-corrected chi connectivity index (χ4v) is 9.41. The molecule has 1 spiro atoms. The van der Waals surface area contributed by atoms with Gasteiger partial charge in [0.25, 0.3) is 5.79 Å². The standard InChI is InChI=1S/C55H36N4/c1-2-4-6-18-36-30-33-38(34-31-36)55(57-50-45-26-14-10-22-41(45)42-23-11-15-27-46(42)51(50)58-55)59-53-48-29-17-13-25-44(48)43-24-12-16-28-47(43)52(53)56-54(59)49-35-32-37(19-7-5-3-1)39-20-8-9-21-40(39)49/h2-35H,1H2/b4-2-,5-3-,18-6-,19-7?. The predicted octanol–water partition coefficient (Wildman–Crippen LogP) is 12.6. The fraction of sp³-hybridized carbons (Fsp3) is 0.0364. The number of rotatable bonds is 0. The maximum Gasteiger partial charge on any atom is 0.261 e. The Bertz CT molecular complexity index is 3560. The molecule has 59 heavy (non-hydrogen) atoms. The smallest absolute Gasteiger partial charge is 0.261 e. The van der Waals surface area contributed by atoms with Crippen molar-refractivity contribution < 1.29 is 0 Å². The van der Waals surface area contributed by atoms with Gasteiger partial charge in [-0.3, -0.25) is 4.57 Å². The third-order valence-corrected chi connectivity index (χ3v) is 12.1. The summed E-state index contributed by atoms with van der Waals surface area (Å²) >= 11 is 0. The van der Waals surface area contributed by atoms with Crippen LogP contribution in [-0.2, 0) is 5.79 Å². The lowest BCUT2D eigenvalue weighted by Gasteiger charge is -2.29. The first-order valence-electron chi connectivity index (χ1n) is 20.3. The molecule has 10 aromatic rings. The quantitative estimate of drug-likeness (QED) is 0.142. The van der Waals surface area contributed by atoms with Crippen molar-refractivity contribution in [2.45, 2.75) is 12.2 Å².